The van der Waals surface area contributed by atoms with Crippen LogP contribution in [0.3, 0.4) is 0 Å². The Morgan fingerprint density at radius 3 is 2.32 bits per heavy atom. The molecule has 0 saturated heterocycles. The van der Waals surface area contributed by atoms with Crippen molar-refractivity contribution in [3.8, 4) is 11.3 Å². The zero-order chi connectivity index (χ0) is 21.2. The van der Waals surface area contributed by atoms with E-state index in [1.54, 1.807) is 4.68 Å². The summed E-state index contributed by atoms with van der Waals surface area (Å²) >= 11 is 1.17. The number of carboxylic acid groups (broad SMARTS) is 1. The maximum atomic E-state index is 12.4. The van der Waals surface area contributed by atoms with Crippen molar-refractivity contribution in [3.63, 3.8) is 0 Å². The highest BCUT2D eigenvalue weighted by atomic mass is 32.1. The Morgan fingerprint density at radius 2 is 1.58 bits per heavy atom. The minimum atomic E-state index is -0.989. The minimum absolute atomic E-state index is 0.208. The third kappa shape index (κ3) is 3.83. The Bertz CT molecular complexity index is 1360. The van der Waals surface area contributed by atoms with Crippen molar-refractivity contribution in [2.45, 2.75) is 13.0 Å². The first-order valence-corrected chi connectivity index (χ1v) is 10.6. The second kappa shape index (κ2) is 8.12. The third-order valence-corrected chi connectivity index (χ3v) is 5.73. The van der Waals surface area contributed by atoms with Gasteiger partial charge in [-0.05, 0) is 23.3 Å². The first-order chi connectivity index (χ1) is 15.2. The summed E-state index contributed by atoms with van der Waals surface area (Å²) < 4.78 is 10.2. The van der Waals surface area contributed by atoms with E-state index in [-0.39, 0.29) is 5.69 Å². The van der Waals surface area contributed by atoms with Crippen molar-refractivity contribution in [1.29, 1.82) is 0 Å². The van der Waals surface area contributed by atoms with Crippen LogP contribution in [0.4, 0.5) is 0 Å². The van der Waals surface area contributed by atoms with Crippen LogP contribution in [0.15, 0.2) is 78.9 Å². The van der Waals surface area contributed by atoms with Gasteiger partial charge < -0.3 is 5.11 Å². The molecule has 0 aliphatic carbocycles. The number of nitrogens with zero attached hydrogens (tertiary/aromatic N) is 4. The molecule has 1 N–H and O–H groups in total. The molecule has 7 heteroatoms. The standard InChI is InChI=1S/C24H18N4O2S/c29-24(30)23-19(13-17-11-12-20-21(14-17)27-31-26-20)22(18-9-5-2-6-10-18)25-28(23)15-16-7-3-1-4-8-16/h1-12,14H,13,15H2,(H,29,30). The van der Waals surface area contributed by atoms with Gasteiger partial charge in [0.25, 0.3) is 0 Å². The number of hydrogen-bond acceptors (Lipinski definition) is 5. The minimum Gasteiger partial charge on any atom is -0.477 e. The van der Waals surface area contributed by atoms with Gasteiger partial charge in [0.05, 0.1) is 24.0 Å². The van der Waals surface area contributed by atoms with E-state index in [2.05, 4.69) is 8.75 Å². The van der Waals surface area contributed by atoms with Gasteiger partial charge in [-0.1, -0.05) is 66.7 Å². The molecule has 3 aromatic carbocycles. The van der Waals surface area contributed by atoms with Gasteiger partial charge in [0.15, 0.2) is 5.69 Å². The van der Waals surface area contributed by atoms with Gasteiger partial charge in [0.1, 0.15) is 11.0 Å². The van der Waals surface area contributed by atoms with Crippen LogP contribution in [0.25, 0.3) is 22.3 Å². The Hall–Kier alpha value is -3.84. The lowest BCUT2D eigenvalue weighted by Crippen LogP contribution is -2.12. The summed E-state index contributed by atoms with van der Waals surface area (Å²) in [6.07, 6.45) is 0.439. The molecule has 0 radical (unpaired) electrons. The number of hydrogen-bond donors (Lipinski definition) is 1. The number of rotatable bonds is 6. The molecule has 0 amide bonds. The highest BCUT2D eigenvalue weighted by Gasteiger charge is 2.24. The van der Waals surface area contributed by atoms with Gasteiger partial charge >= 0.3 is 5.97 Å². The van der Waals surface area contributed by atoms with Gasteiger partial charge in [-0.25, -0.2) is 4.79 Å². The Morgan fingerprint density at radius 1 is 0.871 bits per heavy atom. The fourth-order valence-corrected chi connectivity index (χ4v) is 4.26. The van der Waals surface area contributed by atoms with Gasteiger partial charge in [-0.2, -0.15) is 13.8 Å². The third-order valence-electron chi connectivity index (χ3n) is 5.17. The Balaban J connectivity index is 1.65. The van der Waals surface area contributed by atoms with Crippen molar-refractivity contribution in [3.05, 3.63) is 101 Å². The maximum Gasteiger partial charge on any atom is 0.354 e. The van der Waals surface area contributed by atoms with E-state index in [0.717, 1.165) is 27.7 Å². The van der Waals surface area contributed by atoms with E-state index in [0.29, 0.717) is 24.2 Å². The van der Waals surface area contributed by atoms with E-state index < -0.39 is 5.97 Å². The summed E-state index contributed by atoms with van der Waals surface area (Å²) in [5, 5.41) is 14.9. The molecule has 2 aromatic heterocycles. The number of carbonyl (C=O) groups is 1. The molecule has 0 bridgehead atoms. The molecule has 0 saturated carbocycles. The normalized spacial score (nSPS) is 11.1. The SMILES string of the molecule is O=C(O)c1c(Cc2ccc3nsnc3c2)c(-c2ccccc2)nn1Cc1ccccc1. The van der Waals surface area contributed by atoms with Gasteiger partial charge in [0.2, 0.25) is 0 Å². The first-order valence-electron chi connectivity index (χ1n) is 9.82. The van der Waals surface area contributed by atoms with Crippen LogP contribution >= 0.6 is 11.7 Å². The Labute approximate surface area is 182 Å². The molecule has 5 aromatic rings. The number of aromatic carboxylic acids is 1. The molecule has 5 rings (SSSR count). The van der Waals surface area contributed by atoms with Crippen molar-refractivity contribution in [2.75, 3.05) is 0 Å². The highest BCUT2D eigenvalue weighted by Crippen LogP contribution is 2.29. The Kier molecular flexibility index (Phi) is 5.01. The molecule has 0 aliphatic rings. The lowest BCUT2D eigenvalue weighted by molar-refractivity contribution is 0.0683. The van der Waals surface area contributed by atoms with Gasteiger partial charge in [-0.15, -0.1) is 0 Å². The van der Waals surface area contributed by atoms with Crippen LogP contribution < -0.4 is 0 Å². The molecule has 152 valence electrons. The van der Waals surface area contributed by atoms with Crippen LogP contribution in [0.1, 0.15) is 27.2 Å². The van der Waals surface area contributed by atoms with E-state index in [1.807, 2.05) is 78.9 Å². The van der Waals surface area contributed by atoms with Crippen LogP contribution in [-0.2, 0) is 13.0 Å². The molecule has 0 atom stereocenters. The van der Waals surface area contributed by atoms with Crippen LogP contribution in [0, 0.1) is 0 Å². The lowest BCUT2D eigenvalue weighted by Gasteiger charge is -2.07. The number of benzene rings is 3. The molecule has 6 nitrogen and oxygen atoms in total. The molecule has 2 heterocycles. The summed E-state index contributed by atoms with van der Waals surface area (Å²) in [4.78, 5) is 12.4. The van der Waals surface area contributed by atoms with Crippen molar-refractivity contribution < 1.29 is 9.90 Å². The summed E-state index contributed by atoms with van der Waals surface area (Å²) in [6, 6.07) is 25.3. The van der Waals surface area contributed by atoms with Crippen LogP contribution in [0.2, 0.25) is 0 Å². The molecule has 0 unspecified atom stereocenters. The quantitative estimate of drug-likeness (QED) is 0.418. The van der Waals surface area contributed by atoms with Crippen LogP contribution in [-0.4, -0.2) is 29.6 Å². The molecule has 0 aliphatic heterocycles. The van der Waals surface area contributed by atoms with Crippen molar-refractivity contribution in [2.24, 2.45) is 0 Å². The largest absolute Gasteiger partial charge is 0.477 e. The molecule has 0 spiro atoms. The molecular formula is C24H18N4O2S. The smallest absolute Gasteiger partial charge is 0.354 e. The average molecular weight is 427 g/mol. The zero-order valence-corrected chi connectivity index (χ0v) is 17.3. The number of carboxylic acids is 1. The van der Waals surface area contributed by atoms with E-state index in [4.69, 9.17) is 5.10 Å². The highest BCUT2D eigenvalue weighted by molar-refractivity contribution is 7.00. The maximum absolute atomic E-state index is 12.4. The fourth-order valence-electron chi connectivity index (χ4n) is 3.75. The topological polar surface area (TPSA) is 80.9 Å². The summed E-state index contributed by atoms with van der Waals surface area (Å²) in [6.45, 7) is 0.386. The summed E-state index contributed by atoms with van der Waals surface area (Å²) in [5.74, 6) is -0.989. The molecule has 31 heavy (non-hydrogen) atoms. The van der Waals surface area contributed by atoms with E-state index in [1.165, 1.54) is 11.7 Å². The number of aromatic nitrogens is 4. The predicted molar refractivity (Wildman–Crippen MR) is 120 cm³/mol. The molecular weight excluding hydrogens is 408 g/mol. The summed E-state index contributed by atoms with van der Waals surface area (Å²) in [7, 11) is 0. The first kappa shape index (κ1) is 19.1. The van der Waals surface area contributed by atoms with Crippen molar-refractivity contribution >= 4 is 28.7 Å². The molecule has 0 fully saturated rings. The monoisotopic (exact) mass is 426 g/mol. The van der Waals surface area contributed by atoms with Gasteiger partial charge in [-0.3, -0.25) is 4.68 Å². The van der Waals surface area contributed by atoms with Gasteiger partial charge in [0, 0.05) is 17.5 Å². The lowest BCUT2D eigenvalue weighted by atomic mass is 9.98. The van der Waals surface area contributed by atoms with E-state index >= 15 is 0 Å². The average Bonchev–Trinajstić information content (AvgIpc) is 3.39. The predicted octanol–water partition coefficient (Wildman–Crippen LogP) is 4.89. The number of fused-ring (bicyclic) bond motifs is 1. The fraction of sp³-hybridized carbons (Fsp3) is 0.0833. The van der Waals surface area contributed by atoms with Crippen molar-refractivity contribution in [1.82, 2.24) is 18.5 Å². The summed E-state index contributed by atoms with van der Waals surface area (Å²) in [5.41, 5.74) is 6.10. The second-order valence-electron chi connectivity index (χ2n) is 7.25. The zero-order valence-electron chi connectivity index (χ0n) is 16.5. The van der Waals surface area contributed by atoms with E-state index in [9.17, 15) is 9.90 Å². The van der Waals surface area contributed by atoms with Crippen LogP contribution in [0.5, 0.6) is 0 Å². The second-order valence-corrected chi connectivity index (χ2v) is 7.78.